The first-order valence-corrected chi connectivity index (χ1v) is 14.9. The maximum Gasteiger partial charge on any atom is 0.677 e. The summed E-state index contributed by atoms with van der Waals surface area (Å²) < 4.78 is 24.2. The van der Waals surface area contributed by atoms with Gasteiger partial charge in [0.1, 0.15) is 5.75 Å². The first-order chi connectivity index (χ1) is 18.2. The van der Waals surface area contributed by atoms with E-state index in [0.29, 0.717) is 13.0 Å². The second-order valence-corrected chi connectivity index (χ2v) is 10.3. The molecule has 1 N–H and O–H groups in total. The van der Waals surface area contributed by atoms with Crippen LogP contribution in [0.5, 0.6) is 5.75 Å². The molecule has 0 fully saturated rings. The molecule has 0 saturated carbocycles. The highest BCUT2D eigenvalue weighted by atomic mass is 19.1. The highest BCUT2D eigenvalue weighted by molar-refractivity contribution is 6.33. The van der Waals surface area contributed by atoms with E-state index in [-0.39, 0.29) is 0 Å². The SMILES string of the molecule is CCCCCCCCCCCCCCCCCCOc1ccc(C(Cc2ccccc2)OB(O)F)cc1. The van der Waals surface area contributed by atoms with Crippen LogP contribution in [0.3, 0.4) is 0 Å². The minimum Gasteiger partial charge on any atom is -0.494 e. The zero-order chi connectivity index (χ0) is 26.4. The van der Waals surface area contributed by atoms with E-state index in [1.54, 1.807) is 0 Å². The molecule has 0 aliphatic carbocycles. The van der Waals surface area contributed by atoms with Gasteiger partial charge in [-0.1, -0.05) is 146 Å². The van der Waals surface area contributed by atoms with Crippen molar-refractivity contribution in [3.8, 4) is 5.75 Å². The second-order valence-electron chi connectivity index (χ2n) is 10.3. The van der Waals surface area contributed by atoms with E-state index in [1.807, 2.05) is 54.6 Å². The summed E-state index contributed by atoms with van der Waals surface area (Å²) in [5.41, 5.74) is 1.84. The molecule has 2 aromatic carbocycles. The number of halogens is 1. The van der Waals surface area contributed by atoms with Gasteiger partial charge in [0.25, 0.3) is 0 Å². The predicted octanol–water partition coefficient (Wildman–Crippen LogP) is 9.57. The summed E-state index contributed by atoms with van der Waals surface area (Å²) >= 11 is 0. The van der Waals surface area contributed by atoms with Gasteiger partial charge in [-0.2, -0.15) is 0 Å². The van der Waals surface area contributed by atoms with E-state index < -0.39 is 13.5 Å². The van der Waals surface area contributed by atoms with Gasteiger partial charge in [0.15, 0.2) is 0 Å². The molecule has 0 spiro atoms. The van der Waals surface area contributed by atoms with Crippen LogP contribution in [-0.2, 0) is 11.1 Å². The average Bonchev–Trinajstić information content (AvgIpc) is 2.91. The van der Waals surface area contributed by atoms with Crippen LogP contribution in [0.2, 0.25) is 0 Å². The highest BCUT2D eigenvalue weighted by Crippen LogP contribution is 2.25. The van der Waals surface area contributed by atoms with E-state index in [4.69, 9.17) is 14.4 Å². The van der Waals surface area contributed by atoms with Crippen molar-refractivity contribution in [1.29, 1.82) is 0 Å². The fourth-order valence-corrected chi connectivity index (χ4v) is 4.83. The summed E-state index contributed by atoms with van der Waals surface area (Å²) in [6.07, 6.45) is 21.7. The lowest BCUT2D eigenvalue weighted by atomic mass is 10.00. The molecule has 2 aromatic rings. The molecule has 1 atom stereocenters. The van der Waals surface area contributed by atoms with Crippen LogP contribution in [0, 0.1) is 0 Å². The molecule has 206 valence electrons. The number of unbranched alkanes of at least 4 members (excludes halogenated alkanes) is 15. The first-order valence-electron chi connectivity index (χ1n) is 14.9. The summed E-state index contributed by atoms with van der Waals surface area (Å²) in [7, 11) is -2.31. The summed E-state index contributed by atoms with van der Waals surface area (Å²) in [5, 5.41) is 9.12. The molecular formula is C32H50BFO3. The molecule has 0 amide bonds. The topological polar surface area (TPSA) is 38.7 Å². The largest absolute Gasteiger partial charge is 0.677 e. The Kier molecular flexibility index (Phi) is 17.9. The zero-order valence-corrected chi connectivity index (χ0v) is 23.2. The van der Waals surface area contributed by atoms with Gasteiger partial charge in [0, 0.05) is 6.42 Å². The Labute approximate surface area is 226 Å². The average molecular weight is 513 g/mol. The fraction of sp³-hybridized carbons (Fsp3) is 0.625. The van der Waals surface area contributed by atoms with E-state index in [0.717, 1.165) is 23.3 Å². The number of rotatable bonds is 23. The van der Waals surface area contributed by atoms with Crippen LogP contribution >= 0.6 is 0 Å². The molecule has 0 aromatic heterocycles. The first kappa shape index (κ1) is 31.4. The van der Waals surface area contributed by atoms with Gasteiger partial charge in [-0.3, -0.25) is 4.32 Å². The van der Waals surface area contributed by atoms with Crippen molar-refractivity contribution < 1.29 is 18.7 Å². The van der Waals surface area contributed by atoms with Crippen molar-refractivity contribution in [3.05, 3.63) is 65.7 Å². The van der Waals surface area contributed by atoms with Crippen LogP contribution in [0.15, 0.2) is 54.6 Å². The van der Waals surface area contributed by atoms with Crippen molar-refractivity contribution in [2.75, 3.05) is 6.61 Å². The van der Waals surface area contributed by atoms with Gasteiger partial charge in [-0.05, 0) is 29.7 Å². The molecule has 0 aliphatic rings. The smallest absolute Gasteiger partial charge is 0.494 e. The summed E-state index contributed by atoms with van der Waals surface area (Å²) in [6.45, 7) is 2.99. The third-order valence-corrected chi connectivity index (χ3v) is 7.06. The third kappa shape index (κ3) is 15.9. The van der Waals surface area contributed by atoms with Crippen LogP contribution in [-0.4, -0.2) is 19.0 Å². The van der Waals surface area contributed by atoms with Crippen LogP contribution in [0.1, 0.15) is 127 Å². The van der Waals surface area contributed by atoms with Crippen LogP contribution in [0.4, 0.5) is 4.32 Å². The Morgan fingerprint density at radius 3 is 1.65 bits per heavy atom. The van der Waals surface area contributed by atoms with Gasteiger partial charge in [-0.25, -0.2) is 0 Å². The minimum absolute atomic E-state index is 0.487. The van der Waals surface area contributed by atoms with Crippen molar-refractivity contribution in [2.24, 2.45) is 0 Å². The molecule has 0 radical (unpaired) electrons. The zero-order valence-electron chi connectivity index (χ0n) is 23.2. The third-order valence-electron chi connectivity index (χ3n) is 7.06. The van der Waals surface area contributed by atoms with Crippen LogP contribution < -0.4 is 4.74 Å². The summed E-state index contributed by atoms with van der Waals surface area (Å²) in [4.78, 5) is 0. The van der Waals surface area contributed by atoms with Crippen molar-refractivity contribution in [1.82, 2.24) is 0 Å². The normalized spacial score (nSPS) is 12.0. The molecule has 0 saturated heterocycles. The van der Waals surface area contributed by atoms with E-state index >= 15 is 0 Å². The Hall–Kier alpha value is -1.85. The second kappa shape index (κ2) is 21.1. The lowest BCUT2D eigenvalue weighted by Gasteiger charge is -2.18. The van der Waals surface area contributed by atoms with Gasteiger partial charge in [0.05, 0.1) is 12.7 Å². The van der Waals surface area contributed by atoms with Gasteiger partial charge < -0.3 is 14.4 Å². The maximum absolute atomic E-state index is 13.2. The van der Waals surface area contributed by atoms with E-state index in [1.165, 1.54) is 96.3 Å². The maximum atomic E-state index is 13.2. The highest BCUT2D eigenvalue weighted by Gasteiger charge is 2.22. The molecule has 0 bridgehead atoms. The lowest BCUT2D eigenvalue weighted by molar-refractivity contribution is 0.141. The number of hydrogen-bond donors (Lipinski definition) is 1. The Morgan fingerprint density at radius 1 is 0.676 bits per heavy atom. The van der Waals surface area contributed by atoms with Crippen molar-refractivity contribution >= 4 is 7.40 Å². The molecule has 2 rings (SSSR count). The van der Waals surface area contributed by atoms with E-state index in [2.05, 4.69) is 6.92 Å². The predicted molar refractivity (Wildman–Crippen MR) is 155 cm³/mol. The lowest BCUT2D eigenvalue weighted by Crippen LogP contribution is -2.18. The van der Waals surface area contributed by atoms with Gasteiger partial charge >= 0.3 is 7.40 Å². The molecule has 37 heavy (non-hydrogen) atoms. The molecule has 0 heterocycles. The Bertz CT molecular complexity index is 769. The van der Waals surface area contributed by atoms with Crippen molar-refractivity contribution in [3.63, 3.8) is 0 Å². The molecule has 0 aliphatic heterocycles. The van der Waals surface area contributed by atoms with E-state index in [9.17, 15) is 4.32 Å². The van der Waals surface area contributed by atoms with Gasteiger partial charge in [0.2, 0.25) is 0 Å². The summed E-state index contributed by atoms with van der Waals surface area (Å²) in [6, 6.07) is 17.3. The van der Waals surface area contributed by atoms with Crippen LogP contribution in [0.25, 0.3) is 0 Å². The fourth-order valence-electron chi connectivity index (χ4n) is 4.83. The Balaban J connectivity index is 1.48. The Morgan fingerprint density at radius 2 is 1.16 bits per heavy atom. The molecular weight excluding hydrogens is 462 g/mol. The van der Waals surface area contributed by atoms with Gasteiger partial charge in [-0.15, -0.1) is 0 Å². The standard InChI is InChI=1S/C32H50BFO3/c1-2-3-4-5-6-7-8-9-10-11-12-13-14-15-16-20-27-36-31-25-23-30(24-26-31)32(37-33(34)35)28-29-21-18-17-19-22-29/h17-19,21-26,32,35H,2-16,20,27-28H2,1H3. The minimum atomic E-state index is -2.31. The summed E-state index contributed by atoms with van der Waals surface area (Å²) in [5.74, 6) is 0.809. The monoisotopic (exact) mass is 512 g/mol. The number of benzene rings is 2. The molecule has 1 unspecified atom stereocenters. The van der Waals surface area contributed by atoms with Crippen molar-refractivity contribution in [2.45, 2.75) is 122 Å². The molecule has 5 heteroatoms. The molecule has 3 nitrogen and oxygen atoms in total. The quantitative estimate of drug-likeness (QED) is 0.119. The number of hydrogen-bond acceptors (Lipinski definition) is 3. The number of ether oxygens (including phenoxy) is 1.